The van der Waals surface area contributed by atoms with Crippen LogP contribution < -0.4 is 5.56 Å². The number of carbonyl (C=O) groups is 1. The normalized spacial score (nSPS) is 12.4. The Morgan fingerprint density at radius 1 is 1.05 bits per heavy atom. The molecule has 6 nitrogen and oxygen atoms in total. The smallest absolute Gasteiger partial charge is 0.335 e. The molecule has 0 aliphatic carbocycles. The van der Waals surface area contributed by atoms with Gasteiger partial charge in [0.05, 0.1) is 17.2 Å². The summed E-state index contributed by atoms with van der Waals surface area (Å²) in [7, 11) is 1.63. The number of aromatic carboxylic acids is 1. The number of hydrogen-bond donors (Lipinski definition) is 2. The number of halogens is 2. The number of benzene rings is 3. The molecule has 0 bridgehead atoms. The van der Waals surface area contributed by atoms with Crippen molar-refractivity contribution in [2.75, 3.05) is 0 Å². The van der Waals surface area contributed by atoms with Crippen LogP contribution >= 0.6 is 11.6 Å². The molecule has 1 unspecified atom stereocenters. The first-order chi connectivity index (χ1) is 17.7. The lowest BCUT2D eigenvalue weighted by Gasteiger charge is -2.21. The van der Waals surface area contributed by atoms with Crippen molar-refractivity contribution in [3.8, 4) is 11.1 Å². The lowest BCUT2D eigenvalue weighted by atomic mass is 9.83. The van der Waals surface area contributed by atoms with Crippen LogP contribution in [0.3, 0.4) is 0 Å². The summed E-state index contributed by atoms with van der Waals surface area (Å²) in [6.07, 6.45) is 1.82. The molecule has 3 aromatic carbocycles. The zero-order valence-electron chi connectivity index (χ0n) is 20.2. The number of pyridine rings is 1. The number of carboxylic acid groups (broad SMARTS) is 1. The molecule has 0 saturated carbocycles. The van der Waals surface area contributed by atoms with Crippen LogP contribution in [0.1, 0.15) is 38.5 Å². The third-order valence-corrected chi connectivity index (χ3v) is 6.53. The van der Waals surface area contributed by atoms with Gasteiger partial charge in [-0.25, -0.2) is 9.18 Å². The first-order valence-corrected chi connectivity index (χ1v) is 11.8. The second-order valence-corrected chi connectivity index (χ2v) is 9.25. The van der Waals surface area contributed by atoms with Gasteiger partial charge in [0.1, 0.15) is 5.82 Å². The molecule has 0 radical (unpaired) electrons. The number of carboxylic acids is 1. The Kier molecular flexibility index (Phi) is 7.55. The van der Waals surface area contributed by atoms with Gasteiger partial charge in [0, 0.05) is 36.3 Å². The van der Waals surface area contributed by atoms with Gasteiger partial charge >= 0.3 is 5.97 Å². The summed E-state index contributed by atoms with van der Waals surface area (Å²) < 4.78 is 16.5. The van der Waals surface area contributed by atoms with Crippen molar-refractivity contribution >= 4 is 23.3 Å². The minimum atomic E-state index is -0.993. The third kappa shape index (κ3) is 5.62. The van der Waals surface area contributed by atoms with Gasteiger partial charge < -0.3 is 14.9 Å². The molecule has 0 aliphatic rings. The molecule has 8 heteroatoms. The van der Waals surface area contributed by atoms with Crippen molar-refractivity contribution in [1.29, 1.82) is 0 Å². The fourth-order valence-corrected chi connectivity index (χ4v) is 4.58. The highest BCUT2D eigenvalue weighted by Crippen LogP contribution is 2.33. The van der Waals surface area contributed by atoms with Gasteiger partial charge in [0.15, 0.2) is 0 Å². The van der Waals surface area contributed by atoms with Gasteiger partial charge in [-0.15, -0.1) is 0 Å². The molecule has 4 aromatic rings. The molecule has 4 rings (SSSR count). The summed E-state index contributed by atoms with van der Waals surface area (Å²) in [5, 5.41) is 23.0. The average molecular weight is 519 g/mol. The van der Waals surface area contributed by atoms with Crippen LogP contribution in [0.25, 0.3) is 11.1 Å². The van der Waals surface area contributed by atoms with E-state index in [1.54, 1.807) is 49.6 Å². The van der Waals surface area contributed by atoms with Crippen LogP contribution in [0.4, 0.5) is 4.39 Å². The highest BCUT2D eigenvalue weighted by atomic mass is 35.5. The van der Waals surface area contributed by atoms with Crippen molar-refractivity contribution in [1.82, 2.24) is 4.57 Å². The molecule has 1 aromatic heterocycles. The van der Waals surface area contributed by atoms with Gasteiger partial charge in [-0.1, -0.05) is 59.2 Å². The summed E-state index contributed by atoms with van der Waals surface area (Å²) in [5.41, 5.74) is 4.54. The Hall–Kier alpha value is -4.23. The van der Waals surface area contributed by atoms with Gasteiger partial charge in [-0.3, -0.25) is 4.79 Å². The molecule has 0 amide bonds. The minimum absolute atomic E-state index is 0.172. The fourth-order valence-electron chi connectivity index (χ4n) is 4.42. The van der Waals surface area contributed by atoms with E-state index in [4.69, 9.17) is 11.6 Å². The highest BCUT2D eigenvalue weighted by Gasteiger charge is 2.25. The molecule has 1 atom stereocenters. The minimum Gasteiger partial charge on any atom is -0.478 e. The summed E-state index contributed by atoms with van der Waals surface area (Å²) >= 11 is 5.99. The predicted molar refractivity (Wildman–Crippen MR) is 141 cm³/mol. The van der Waals surface area contributed by atoms with Gasteiger partial charge in [-0.2, -0.15) is 0 Å². The molecular weight excluding hydrogens is 495 g/mol. The summed E-state index contributed by atoms with van der Waals surface area (Å²) in [6.45, 7) is 1.84. The molecule has 0 saturated heterocycles. The number of nitrogens with zero attached hydrogens (tertiary/aromatic N) is 2. The van der Waals surface area contributed by atoms with E-state index >= 15 is 4.39 Å². The molecule has 2 N–H and O–H groups in total. The quantitative estimate of drug-likeness (QED) is 0.177. The number of oxime groups is 1. The number of aromatic nitrogens is 1. The Labute approximate surface area is 217 Å². The zero-order chi connectivity index (χ0) is 26.7. The van der Waals surface area contributed by atoms with Gasteiger partial charge in [-0.05, 0) is 59.0 Å². The van der Waals surface area contributed by atoms with Crippen LogP contribution in [-0.2, 0) is 13.5 Å². The van der Waals surface area contributed by atoms with Crippen LogP contribution in [0.15, 0.2) is 88.9 Å². The van der Waals surface area contributed by atoms with Crippen LogP contribution in [0.2, 0.25) is 5.02 Å². The van der Waals surface area contributed by atoms with E-state index in [0.717, 1.165) is 22.3 Å². The van der Waals surface area contributed by atoms with Crippen molar-refractivity contribution in [3.63, 3.8) is 0 Å². The number of hydrogen-bond acceptors (Lipinski definition) is 4. The SMILES string of the molecule is Cc1cc(C(=O)O)ccc1-c1ccc(C(C(Cc2ccc(=O)n(C)c2)=NO)c2ccc(Cl)cc2F)cc1. The topological polar surface area (TPSA) is 91.9 Å². The van der Waals surface area contributed by atoms with Gasteiger partial charge in [0.25, 0.3) is 0 Å². The lowest BCUT2D eigenvalue weighted by Crippen LogP contribution is -2.20. The van der Waals surface area contributed by atoms with E-state index in [1.165, 1.54) is 16.7 Å². The van der Waals surface area contributed by atoms with E-state index in [-0.39, 0.29) is 33.8 Å². The summed E-state index contributed by atoms with van der Waals surface area (Å²) in [5.74, 6) is -2.26. The maximum Gasteiger partial charge on any atom is 0.335 e. The van der Waals surface area contributed by atoms with Crippen molar-refractivity contribution in [3.05, 3.63) is 128 Å². The highest BCUT2D eigenvalue weighted by molar-refractivity contribution is 6.30. The van der Waals surface area contributed by atoms with Crippen molar-refractivity contribution in [2.45, 2.75) is 19.3 Å². The number of aryl methyl sites for hydroxylation is 2. The van der Waals surface area contributed by atoms with E-state index < -0.39 is 17.7 Å². The second kappa shape index (κ2) is 10.8. The molecule has 0 fully saturated rings. The average Bonchev–Trinajstić information content (AvgIpc) is 2.87. The third-order valence-electron chi connectivity index (χ3n) is 6.30. The first-order valence-electron chi connectivity index (χ1n) is 11.4. The Morgan fingerprint density at radius 3 is 2.38 bits per heavy atom. The van der Waals surface area contributed by atoms with Crippen LogP contribution in [0, 0.1) is 12.7 Å². The van der Waals surface area contributed by atoms with E-state index in [2.05, 4.69) is 5.16 Å². The Balaban J connectivity index is 1.76. The maximum atomic E-state index is 15.1. The Morgan fingerprint density at radius 2 is 1.78 bits per heavy atom. The summed E-state index contributed by atoms with van der Waals surface area (Å²) in [6, 6.07) is 19.7. The van der Waals surface area contributed by atoms with E-state index in [1.807, 2.05) is 31.2 Å². The summed E-state index contributed by atoms with van der Waals surface area (Å²) in [4.78, 5) is 23.1. The molecule has 0 spiro atoms. The largest absolute Gasteiger partial charge is 0.478 e. The lowest BCUT2D eigenvalue weighted by molar-refractivity contribution is 0.0696. The van der Waals surface area contributed by atoms with Crippen LogP contribution in [-0.4, -0.2) is 26.6 Å². The monoisotopic (exact) mass is 518 g/mol. The zero-order valence-corrected chi connectivity index (χ0v) is 20.9. The molecule has 37 heavy (non-hydrogen) atoms. The predicted octanol–water partition coefficient (Wildman–Crippen LogP) is 6.06. The molecule has 188 valence electrons. The van der Waals surface area contributed by atoms with Crippen LogP contribution in [0.5, 0.6) is 0 Å². The van der Waals surface area contributed by atoms with Crippen molar-refractivity contribution < 1.29 is 19.5 Å². The number of rotatable bonds is 7. The van der Waals surface area contributed by atoms with Gasteiger partial charge in [0.2, 0.25) is 5.56 Å². The molecule has 1 heterocycles. The maximum absolute atomic E-state index is 15.1. The van der Waals surface area contributed by atoms with E-state index in [0.29, 0.717) is 5.56 Å². The van der Waals surface area contributed by atoms with Crippen molar-refractivity contribution in [2.24, 2.45) is 12.2 Å². The van der Waals surface area contributed by atoms with E-state index in [9.17, 15) is 19.9 Å². The fraction of sp³-hybridized carbons (Fsp3) is 0.138. The molecule has 0 aliphatic heterocycles. The Bertz CT molecular complexity index is 1560. The first kappa shape index (κ1) is 25.9. The second-order valence-electron chi connectivity index (χ2n) is 8.81. The molecular formula is C29H24ClFN2O4. The standard InChI is InChI=1S/C29H24ClFN2O4/c1-17-13-21(29(35)36)8-10-23(17)19-4-6-20(7-5-19)28(24-11-9-22(30)15-25(24)31)26(32-37)14-18-3-12-27(34)33(2)16-18/h3-13,15-16,28,37H,14H2,1-2H3,(H,35,36).